The molecule has 1 aromatic carbocycles. The van der Waals surface area contributed by atoms with E-state index in [0.717, 1.165) is 19.3 Å². The van der Waals surface area contributed by atoms with Crippen molar-refractivity contribution in [3.63, 3.8) is 0 Å². The predicted octanol–water partition coefficient (Wildman–Crippen LogP) is 1.00. The lowest BCUT2D eigenvalue weighted by atomic mass is 10.1. The summed E-state index contributed by atoms with van der Waals surface area (Å²) in [5.41, 5.74) is 12.3. The average Bonchev–Trinajstić information content (AvgIpc) is 2.21. The van der Waals surface area contributed by atoms with Crippen molar-refractivity contribution in [1.82, 2.24) is 0 Å². The van der Waals surface area contributed by atoms with E-state index in [4.69, 9.17) is 16.6 Å². The van der Waals surface area contributed by atoms with Gasteiger partial charge < -0.3 is 16.6 Å². The first kappa shape index (κ1) is 11.0. The van der Waals surface area contributed by atoms with Gasteiger partial charge in [0.15, 0.2) is 0 Å². The molecule has 3 heteroatoms. The Morgan fingerprint density at radius 1 is 1.21 bits per heavy atom. The second-order valence-corrected chi connectivity index (χ2v) is 3.55. The molecular formula is C11H18N2O. The van der Waals surface area contributed by atoms with Crippen LogP contribution in [0.2, 0.25) is 0 Å². The first-order valence-electron chi connectivity index (χ1n) is 4.96. The molecule has 0 saturated carbocycles. The second-order valence-electron chi connectivity index (χ2n) is 3.55. The largest absolute Gasteiger partial charge is 0.508 e. The summed E-state index contributed by atoms with van der Waals surface area (Å²) in [5, 5.41) is 9.07. The SMILES string of the molecule is NC[C@@H](N)CCCc1ccc(O)cc1. The normalized spacial score (nSPS) is 12.7. The molecule has 0 aliphatic carbocycles. The topological polar surface area (TPSA) is 72.3 Å². The third-order valence-corrected chi connectivity index (χ3v) is 2.28. The minimum absolute atomic E-state index is 0.118. The van der Waals surface area contributed by atoms with Gasteiger partial charge in [-0.1, -0.05) is 12.1 Å². The molecule has 0 unspecified atom stereocenters. The highest BCUT2D eigenvalue weighted by atomic mass is 16.3. The molecule has 0 saturated heterocycles. The standard InChI is InChI=1S/C11H18N2O/c12-8-10(13)3-1-2-9-4-6-11(14)7-5-9/h4-7,10,14H,1-3,8,12-13H2/t10-/m0/s1. The number of phenolic OH excluding ortho intramolecular Hbond substituents is 1. The van der Waals surface area contributed by atoms with Gasteiger partial charge in [0.05, 0.1) is 0 Å². The monoisotopic (exact) mass is 194 g/mol. The van der Waals surface area contributed by atoms with Crippen molar-refractivity contribution in [3.8, 4) is 5.75 Å². The van der Waals surface area contributed by atoms with Gasteiger partial charge in [-0.2, -0.15) is 0 Å². The van der Waals surface area contributed by atoms with E-state index in [9.17, 15) is 0 Å². The third kappa shape index (κ3) is 3.77. The van der Waals surface area contributed by atoms with E-state index in [1.54, 1.807) is 12.1 Å². The molecule has 3 nitrogen and oxygen atoms in total. The molecule has 0 fully saturated rings. The molecule has 0 radical (unpaired) electrons. The molecule has 5 N–H and O–H groups in total. The lowest BCUT2D eigenvalue weighted by molar-refractivity contribution is 0.475. The van der Waals surface area contributed by atoms with Gasteiger partial charge in [0.2, 0.25) is 0 Å². The van der Waals surface area contributed by atoms with E-state index < -0.39 is 0 Å². The fraction of sp³-hybridized carbons (Fsp3) is 0.455. The number of phenols is 1. The Labute approximate surface area is 84.7 Å². The number of nitrogens with two attached hydrogens (primary N) is 2. The maximum atomic E-state index is 9.07. The zero-order chi connectivity index (χ0) is 10.4. The lowest BCUT2D eigenvalue weighted by Crippen LogP contribution is -2.29. The number of aryl methyl sites for hydroxylation is 1. The number of aromatic hydroxyl groups is 1. The van der Waals surface area contributed by atoms with Crippen LogP contribution >= 0.6 is 0 Å². The highest BCUT2D eigenvalue weighted by Gasteiger charge is 1.99. The van der Waals surface area contributed by atoms with Crippen LogP contribution in [-0.4, -0.2) is 17.7 Å². The third-order valence-electron chi connectivity index (χ3n) is 2.28. The van der Waals surface area contributed by atoms with E-state index in [-0.39, 0.29) is 6.04 Å². The summed E-state index contributed by atoms with van der Waals surface area (Å²) in [5.74, 6) is 0.312. The molecule has 1 atom stereocenters. The molecule has 1 rings (SSSR count). The van der Waals surface area contributed by atoms with Crippen molar-refractivity contribution in [2.75, 3.05) is 6.54 Å². The molecule has 0 aromatic heterocycles. The molecule has 0 amide bonds. The van der Waals surface area contributed by atoms with Crippen LogP contribution in [0, 0.1) is 0 Å². The Kier molecular flexibility index (Phi) is 4.43. The van der Waals surface area contributed by atoms with Crippen LogP contribution in [0.3, 0.4) is 0 Å². The van der Waals surface area contributed by atoms with Gasteiger partial charge in [-0.05, 0) is 37.0 Å². The molecule has 14 heavy (non-hydrogen) atoms. The van der Waals surface area contributed by atoms with Crippen LogP contribution < -0.4 is 11.5 Å². The lowest BCUT2D eigenvalue weighted by Gasteiger charge is -2.07. The first-order chi connectivity index (χ1) is 6.72. The van der Waals surface area contributed by atoms with E-state index in [0.29, 0.717) is 12.3 Å². The van der Waals surface area contributed by atoms with Crippen molar-refractivity contribution in [2.24, 2.45) is 11.5 Å². The van der Waals surface area contributed by atoms with Gasteiger partial charge in [0, 0.05) is 12.6 Å². The van der Waals surface area contributed by atoms with Crippen molar-refractivity contribution in [2.45, 2.75) is 25.3 Å². The summed E-state index contributed by atoms with van der Waals surface area (Å²) < 4.78 is 0. The first-order valence-corrected chi connectivity index (χ1v) is 4.96. The average molecular weight is 194 g/mol. The van der Waals surface area contributed by atoms with E-state index in [2.05, 4.69) is 0 Å². The van der Waals surface area contributed by atoms with E-state index in [1.165, 1.54) is 5.56 Å². The minimum atomic E-state index is 0.118. The van der Waals surface area contributed by atoms with Crippen molar-refractivity contribution in [3.05, 3.63) is 29.8 Å². The van der Waals surface area contributed by atoms with Crippen LogP contribution in [-0.2, 0) is 6.42 Å². The van der Waals surface area contributed by atoms with Gasteiger partial charge in [-0.3, -0.25) is 0 Å². The Hall–Kier alpha value is -1.06. The maximum absolute atomic E-state index is 9.07. The molecule has 0 spiro atoms. The smallest absolute Gasteiger partial charge is 0.115 e. The molecule has 0 aliphatic heterocycles. The summed E-state index contributed by atoms with van der Waals surface area (Å²) in [7, 11) is 0. The molecular weight excluding hydrogens is 176 g/mol. The number of benzene rings is 1. The van der Waals surface area contributed by atoms with E-state index >= 15 is 0 Å². The molecule has 0 bridgehead atoms. The van der Waals surface area contributed by atoms with Crippen molar-refractivity contribution >= 4 is 0 Å². The van der Waals surface area contributed by atoms with Crippen LogP contribution in [0.5, 0.6) is 5.75 Å². The van der Waals surface area contributed by atoms with Crippen LogP contribution in [0.4, 0.5) is 0 Å². The predicted molar refractivity (Wildman–Crippen MR) is 58.1 cm³/mol. The van der Waals surface area contributed by atoms with Gasteiger partial charge in [0.25, 0.3) is 0 Å². The number of hydrogen-bond donors (Lipinski definition) is 3. The molecule has 0 aliphatic rings. The molecule has 78 valence electrons. The highest BCUT2D eigenvalue weighted by Crippen LogP contribution is 2.11. The summed E-state index contributed by atoms with van der Waals surface area (Å²) in [4.78, 5) is 0. The summed E-state index contributed by atoms with van der Waals surface area (Å²) in [6.07, 6.45) is 2.99. The fourth-order valence-corrected chi connectivity index (χ4v) is 1.35. The highest BCUT2D eigenvalue weighted by molar-refractivity contribution is 5.25. The Balaban J connectivity index is 2.28. The zero-order valence-electron chi connectivity index (χ0n) is 8.32. The summed E-state index contributed by atoms with van der Waals surface area (Å²) in [6.45, 7) is 0.551. The van der Waals surface area contributed by atoms with Gasteiger partial charge >= 0.3 is 0 Å². The van der Waals surface area contributed by atoms with Gasteiger partial charge in [-0.25, -0.2) is 0 Å². The Morgan fingerprint density at radius 3 is 2.43 bits per heavy atom. The summed E-state index contributed by atoms with van der Waals surface area (Å²) >= 11 is 0. The number of rotatable bonds is 5. The quantitative estimate of drug-likeness (QED) is 0.654. The maximum Gasteiger partial charge on any atom is 0.115 e. The van der Waals surface area contributed by atoms with Gasteiger partial charge in [-0.15, -0.1) is 0 Å². The number of hydrogen-bond acceptors (Lipinski definition) is 3. The van der Waals surface area contributed by atoms with Crippen molar-refractivity contribution in [1.29, 1.82) is 0 Å². The fourth-order valence-electron chi connectivity index (χ4n) is 1.35. The summed E-state index contributed by atoms with van der Waals surface area (Å²) in [6, 6.07) is 7.40. The van der Waals surface area contributed by atoms with Gasteiger partial charge in [0.1, 0.15) is 5.75 Å². The Bertz CT molecular complexity index is 258. The van der Waals surface area contributed by atoms with Crippen molar-refractivity contribution < 1.29 is 5.11 Å². The van der Waals surface area contributed by atoms with E-state index in [1.807, 2.05) is 12.1 Å². The Morgan fingerprint density at radius 2 is 1.86 bits per heavy atom. The van der Waals surface area contributed by atoms with Crippen LogP contribution in [0.25, 0.3) is 0 Å². The zero-order valence-corrected chi connectivity index (χ0v) is 8.32. The minimum Gasteiger partial charge on any atom is -0.508 e. The molecule has 0 heterocycles. The second kappa shape index (κ2) is 5.62. The van der Waals surface area contributed by atoms with Crippen LogP contribution in [0.15, 0.2) is 24.3 Å². The van der Waals surface area contributed by atoms with Crippen LogP contribution in [0.1, 0.15) is 18.4 Å². The molecule has 1 aromatic rings.